The molecule has 1 atom stereocenters. The summed E-state index contributed by atoms with van der Waals surface area (Å²) in [6, 6.07) is 14.4. The first-order chi connectivity index (χ1) is 15.1. The summed E-state index contributed by atoms with van der Waals surface area (Å²) in [5, 5.41) is 12.0. The van der Waals surface area contributed by atoms with E-state index in [9.17, 15) is 9.18 Å². The zero-order valence-electron chi connectivity index (χ0n) is 16.8. The Kier molecular flexibility index (Phi) is 7.31. The average molecular weight is 477 g/mol. The fourth-order valence-corrected chi connectivity index (χ4v) is 6.06. The smallest absolute Gasteiger partial charge is 0.234 e. The van der Waals surface area contributed by atoms with Gasteiger partial charge in [-0.1, -0.05) is 53.4 Å². The van der Waals surface area contributed by atoms with Crippen LogP contribution in [0.2, 0.25) is 0 Å². The van der Waals surface area contributed by atoms with Crippen LogP contribution in [0.3, 0.4) is 0 Å². The number of amides is 1. The molecule has 4 rings (SSSR count). The predicted octanol–water partition coefficient (Wildman–Crippen LogP) is 4.66. The van der Waals surface area contributed by atoms with Gasteiger partial charge in [-0.05, 0) is 23.8 Å². The van der Waals surface area contributed by atoms with E-state index in [-0.39, 0.29) is 22.9 Å². The van der Waals surface area contributed by atoms with Crippen LogP contribution >= 0.6 is 34.9 Å². The van der Waals surface area contributed by atoms with Crippen LogP contribution in [0.25, 0.3) is 0 Å². The summed E-state index contributed by atoms with van der Waals surface area (Å²) in [5.41, 5.74) is 1.66. The van der Waals surface area contributed by atoms with Crippen molar-refractivity contribution in [2.45, 2.75) is 16.3 Å². The molecule has 2 heterocycles. The van der Waals surface area contributed by atoms with Crippen LogP contribution in [0.4, 0.5) is 9.52 Å². The molecule has 0 aliphatic carbocycles. The number of hydrogen-bond acceptors (Lipinski definition) is 8. The van der Waals surface area contributed by atoms with Crippen molar-refractivity contribution in [2.75, 3.05) is 30.5 Å². The van der Waals surface area contributed by atoms with Gasteiger partial charge < -0.3 is 15.0 Å². The third-order valence-electron chi connectivity index (χ3n) is 4.71. The van der Waals surface area contributed by atoms with Crippen LogP contribution in [-0.2, 0) is 11.3 Å². The second-order valence-electron chi connectivity index (χ2n) is 6.70. The van der Waals surface area contributed by atoms with Crippen molar-refractivity contribution in [3.05, 3.63) is 65.5 Å². The quantitative estimate of drug-likeness (QED) is 0.474. The first-order valence-electron chi connectivity index (χ1n) is 9.62. The molecule has 6 nitrogen and oxygen atoms in total. The van der Waals surface area contributed by atoms with Gasteiger partial charge in [0.15, 0.2) is 4.34 Å². The van der Waals surface area contributed by atoms with Crippen LogP contribution in [0.15, 0.2) is 52.9 Å². The lowest BCUT2D eigenvalue weighted by atomic mass is 10.2. The first kappa shape index (κ1) is 21.9. The Morgan fingerprint density at radius 3 is 2.84 bits per heavy atom. The van der Waals surface area contributed by atoms with Gasteiger partial charge >= 0.3 is 0 Å². The summed E-state index contributed by atoms with van der Waals surface area (Å²) in [7, 11) is 1.64. The second-order valence-corrected chi connectivity index (χ2v) is 10.1. The molecule has 1 saturated heterocycles. The molecular formula is C21H21FN4O2S3. The maximum atomic E-state index is 14.2. The SMILES string of the molecule is COc1ccc(CNc2nnc(SCC(=O)N3CCS[C@@H]3c3ccccc3F)s2)cc1. The van der Waals surface area contributed by atoms with Gasteiger partial charge in [0, 0.05) is 24.4 Å². The van der Waals surface area contributed by atoms with Crippen molar-refractivity contribution in [1.82, 2.24) is 15.1 Å². The molecule has 3 aromatic rings. The number of rotatable bonds is 8. The topological polar surface area (TPSA) is 67.3 Å². The molecule has 0 saturated carbocycles. The number of carbonyl (C=O) groups excluding carboxylic acids is 1. The Morgan fingerprint density at radius 1 is 1.26 bits per heavy atom. The third kappa shape index (κ3) is 5.50. The number of nitrogens with zero attached hydrogens (tertiary/aromatic N) is 3. The lowest BCUT2D eigenvalue weighted by molar-refractivity contribution is -0.128. The standard InChI is InChI=1S/C21H21FN4O2S3/c1-28-15-8-6-14(7-9-15)12-23-20-24-25-21(31-20)30-13-18(27)26-10-11-29-19(26)16-4-2-3-5-17(16)22/h2-9,19H,10-13H2,1H3,(H,23,24)/t19-/m1/s1. The van der Waals surface area contributed by atoms with Crippen molar-refractivity contribution in [2.24, 2.45) is 0 Å². The molecule has 0 unspecified atom stereocenters. The van der Waals surface area contributed by atoms with E-state index in [0.29, 0.717) is 23.8 Å². The number of methoxy groups -OCH3 is 1. The van der Waals surface area contributed by atoms with Crippen molar-refractivity contribution in [3.63, 3.8) is 0 Å². The number of ether oxygens (including phenoxy) is 1. The zero-order chi connectivity index (χ0) is 21.6. The lowest BCUT2D eigenvalue weighted by Crippen LogP contribution is -2.32. The summed E-state index contributed by atoms with van der Waals surface area (Å²) >= 11 is 4.36. The van der Waals surface area contributed by atoms with Gasteiger partial charge in [0.2, 0.25) is 11.0 Å². The minimum absolute atomic E-state index is 0.0220. The Morgan fingerprint density at radius 2 is 2.06 bits per heavy atom. The summed E-state index contributed by atoms with van der Waals surface area (Å²) in [6.07, 6.45) is 0. The van der Waals surface area contributed by atoms with E-state index in [1.165, 1.54) is 29.2 Å². The Hall–Kier alpha value is -2.30. The average Bonchev–Trinajstić information content (AvgIpc) is 3.46. The molecule has 0 bridgehead atoms. The molecule has 0 spiro atoms. The van der Waals surface area contributed by atoms with Crippen LogP contribution in [-0.4, -0.2) is 46.2 Å². The van der Waals surface area contributed by atoms with Crippen molar-refractivity contribution in [1.29, 1.82) is 0 Å². The van der Waals surface area contributed by atoms with Gasteiger partial charge in [-0.2, -0.15) is 0 Å². The van der Waals surface area contributed by atoms with Crippen LogP contribution < -0.4 is 10.1 Å². The molecule has 2 aromatic carbocycles. The van der Waals surface area contributed by atoms with E-state index in [1.54, 1.807) is 42.0 Å². The molecule has 1 N–H and O–H groups in total. The maximum Gasteiger partial charge on any atom is 0.234 e. The van der Waals surface area contributed by atoms with Gasteiger partial charge in [-0.15, -0.1) is 22.0 Å². The monoisotopic (exact) mass is 476 g/mol. The van der Waals surface area contributed by atoms with Gasteiger partial charge in [-0.3, -0.25) is 4.79 Å². The normalized spacial score (nSPS) is 15.8. The van der Waals surface area contributed by atoms with Crippen molar-refractivity contribution >= 4 is 45.9 Å². The fraction of sp³-hybridized carbons (Fsp3) is 0.286. The highest BCUT2D eigenvalue weighted by Gasteiger charge is 2.32. The number of carbonyl (C=O) groups is 1. The minimum Gasteiger partial charge on any atom is -0.497 e. The first-order valence-corrected chi connectivity index (χ1v) is 12.5. The van der Waals surface area contributed by atoms with Crippen LogP contribution in [0.5, 0.6) is 5.75 Å². The molecule has 1 aliphatic rings. The molecule has 1 fully saturated rings. The van der Waals surface area contributed by atoms with E-state index in [1.807, 2.05) is 24.3 Å². The molecule has 10 heteroatoms. The van der Waals surface area contributed by atoms with E-state index >= 15 is 0 Å². The molecule has 162 valence electrons. The largest absolute Gasteiger partial charge is 0.497 e. The Balaban J connectivity index is 1.29. The number of aromatic nitrogens is 2. The summed E-state index contributed by atoms with van der Waals surface area (Å²) in [4.78, 5) is 14.5. The Bertz CT molecular complexity index is 1030. The third-order valence-corrected chi connectivity index (χ3v) is 7.95. The highest BCUT2D eigenvalue weighted by Crippen LogP contribution is 2.39. The van der Waals surface area contributed by atoms with E-state index in [2.05, 4.69) is 15.5 Å². The summed E-state index contributed by atoms with van der Waals surface area (Å²) in [5.74, 6) is 1.57. The molecular weight excluding hydrogens is 455 g/mol. The van der Waals surface area contributed by atoms with Crippen molar-refractivity contribution in [3.8, 4) is 5.75 Å². The maximum absolute atomic E-state index is 14.2. The number of benzene rings is 2. The van der Waals surface area contributed by atoms with Gasteiger partial charge in [0.05, 0.1) is 12.9 Å². The van der Waals surface area contributed by atoms with E-state index in [0.717, 1.165) is 21.4 Å². The van der Waals surface area contributed by atoms with E-state index in [4.69, 9.17) is 4.74 Å². The van der Waals surface area contributed by atoms with E-state index < -0.39 is 0 Å². The van der Waals surface area contributed by atoms with Crippen LogP contribution in [0.1, 0.15) is 16.5 Å². The zero-order valence-corrected chi connectivity index (χ0v) is 19.2. The molecule has 1 aliphatic heterocycles. The minimum atomic E-state index is -0.274. The summed E-state index contributed by atoms with van der Waals surface area (Å²) in [6.45, 7) is 1.24. The molecule has 1 amide bonds. The number of thioether (sulfide) groups is 2. The molecule has 31 heavy (non-hydrogen) atoms. The number of halogens is 1. The molecule has 0 radical (unpaired) electrons. The molecule has 1 aromatic heterocycles. The highest BCUT2D eigenvalue weighted by atomic mass is 32.2. The predicted molar refractivity (Wildman–Crippen MR) is 124 cm³/mol. The number of hydrogen-bond donors (Lipinski definition) is 1. The van der Waals surface area contributed by atoms with Gasteiger partial charge in [0.25, 0.3) is 0 Å². The highest BCUT2D eigenvalue weighted by molar-refractivity contribution is 8.01. The second kappa shape index (κ2) is 10.3. The van der Waals surface area contributed by atoms with Gasteiger partial charge in [0.1, 0.15) is 16.9 Å². The number of anilines is 1. The number of nitrogens with one attached hydrogen (secondary N) is 1. The Labute approximate surface area is 192 Å². The van der Waals surface area contributed by atoms with Crippen LogP contribution in [0, 0.1) is 5.82 Å². The van der Waals surface area contributed by atoms with Gasteiger partial charge in [-0.25, -0.2) is 4.39 Å². The van der Waals surface area contributed by atoms with Crippen molar-refractivity contribution < 1.29 is 13.9 Å². The lowest BCUT2D eigenvalue weighted by Gasteiger charge is -2.24. The fourth-order valence-electron chi connectivity index (χ4n) is 3.13. The summed E-state index contributed by atoms with van der Waals surface area (Å²) < 4.78 is 20.1.